The average Bonchev–Trinajstić information content (AvgIpc) is 3.40. The summed E-state index contributed by atoms with van der Waals surface area (Å²) in [5.74, 6) is -2.34. The van der Waals surface area contributed by atoms with Gasteiger partial charge in [0.1, 0.15) is 12.7 Å². The van der Waals surface area contributed by atoms with Gasteiger partial charge in [-0.3, -0.25) is 14.3 Å². The van der Waals surface area contributed by atoms with E-state index in [0.29, 0.717) is 0 Å². The van der Waals surface area contributed by atoms with Gasteiger partial charge in [0.05, 0.1) is 23.2 Å². The third-order valence-corrected chi connectivity index (χ3v) is 6.80. The Morgan fingerprint density at radius 1 is 0.800 bits per heavy atom. The number of carbonyl (C=O) groups excluding carboxylic acids is 3. The molecule has 1 aromatic heterocycles. The van der Waals surface area contributed by atoms with Gasteiger partial charge in [-0.2, -0.15) is 0 Å². The van der Waals surface area contributed by atoms with Gasteiger partial charge in [-0.1, -0.05) is 59.7 Å². The van der Waals surface area contributed by atoms with Gasteiger partial charge in [0, 0.05) is 16.7 Å². The van der Waals surface area contributed by atoms with Gasteiger partial charge in [-0.25, -0.2) is 19.2 Å². The van der Waals surface area contributed by atoms with E-state index in [4.69, 9.17) is 24.5 Å². The molecule has 1 aliphatic heterocycles. The summed E-state index contributed by atoms with van der Waals surface area (Å²) in [6.45, 7) is -0.877. The van der Waals surface area contributed by atoms with Crippen molar-refractivity contribution >= 4 is 17.9 Å². The molecule has 45 heavy (non-hydrogen) atoms. The Morgan fingerprint density at radius 2 is 1.31 bits per heavy atom. The summed E-state index contributed by atoms with van der Waals surface area (Å²) in [5, 5.41) is 3.38. The molecule has 0 aliphatic carbocycles. The minimum Gasteiger partial charge on any atom is -0.459 e. The first-order valence-electron chi connectivity index (χ1n) is 13.6. The van der Waals surface area contributed by atoms with Crippen LogP contribution in [-0.4, -0.2) is 52.4 Å². The summed E-state index contributed by atoms with van der Waals surface area (Å²) in [5.41, 5.74) is 7.46. The van der Waals surface area contributed by atoms with E-state index >= 15 is 0 Å². The van der Waals surface area contributed by atoms with E-state index in [0.717, 1.165) is 10.8 Å². The highest BCUT2D eigenvalue weighted by atomic mass is 16.7. The minimum atomic E-state index is -1.49. The lowest BCUT2D eigenvalue weighted by atomic mass is 10.1. The summed E-state index contributed by atoms with van der Waals surface area (Å²) in [7, 11) is 0. The number of azide groups is 1. The normalized spacial score (nSPS) is 18.8. The molecule has 0 bridgehead atoms. The van der Waals surface area contributed by atoms with Crippen molar-refractivity contribution in [3.05, 3.63) is 151 Å². The van der Waals surface area contributed by atoms with Crippen LogP contribution in [0.25, 0.3) is 10.4 Å². The second kappa shape index (κ2) is 14.0. The highest BCUT2D eigenvalue weighted by molar-refractivity contribution is 5.91. The largest absolute Gasteiger partial charge is 0.459 e. The first-order valence-corrected chi connectivity index (χ1v) is 13.6. The zero-order valence-corrected chi connectivity index (χ0v) is 23.4. The van der Waals surface area contributed by atoms with E-state index in [1.54, 1.807) is 66.7 Å². The van der Waals surface area contributed by atoms with Gasteiger partial charge in [-0.05, 0) is 41.9 Å². The molecule has 0 amide bonds. The van der Waals surface area contributed by atoms with E-state index in [1.165, 1.54) is 24.3 Å². The van der Waals surface area contributed by atoms with E-state index in [9.17, 15) is 24.0 Å². The van der Waals surface area contributed by atoms with Crippen LogP contribution >= 0.6 is 0 Å². The number of aromatic amines is 1. The van der Waals surface area contributed by atoms with Crippen LogP contribution in [0.5, 0.6) is 0 Å². The van der Waals surface area contributed by atoms with Crippen molar-refractivity contribution in [2.45, 2.75) is 31.1 Å². The van der Waals surface area contributed by atoms with Crippen LogP contribution in [-0.2, 0) is 25.5 Å². The first kappa shape index (κ1) is 30.5. The number of esters is 3. The Bertz CT molecular complexity index is 1840. The van der Waals surface area contributed by atoms with Crippen LogP contribution < -0.4 is 11.2 Å². The number of rotatable bonds is 10. The Labute approximate surface area is 254 Å². The number of hydrogen-bond donors (Lipinski definition) is 1. The Morgan fingerprint density at radius 3 is 1.84 bits per heavy atom. The van der Waals surface area contributed by atoms with E-state index in [-0.39, 0.29) is 22.3 Å². The molecule has 14 nitrogen and oxygen atoms in total. The molecule has 4 atom stereocenters. The van der Waals surface area contributed by atoms with Crippen molar-refractivity contribution in [1.29, 1.82) is 0 Å². The summed E-state index contributed by atoms with van der Waals surface area (Å²) < 4.78 is 24.2. The lowest BCUT2D eigenvalue weighted by Gasteiger charge is -2.25. The molecule has 0 unspecified atom stereocenters. The van der Waals surface area contributed by atoms with Crippen LogP contribution in [0.2, 0.25) is 0 Å². The lowest BCUT2D eigenvalue weighted by molar-refractivity contribution is -0.0641. The maximum Gasteiger partial charge on any atom is 0.338 e. The molecule has 2 heterocycles. The summed E-state index contributed by atoms with van der Waals surface area (Å²) in [6.07, 6.45) is -4.53. The van der Waals surface area contributed by atoms with Crippen molar-refractivity contribution < 1.29 is 33.3 Å². The van der Waals surface area contributed by atoms with Crippen molar-refractivity contribution in [3.8, 4) is 0 Å². The van der Waals surface area contributed by atoms with E-state index in [1.807, 2.05) is 0 Å². The molecule has 5 rings (SSSR count). The monoisotopic (exact) mass is 611 g/mol. The second-order valence-corrected chi connectivity index (χ2v) is 9.71. The molecular formula is C31H25N5O9. The standard InChI is InChI=1S/C31H25N5O9/c32-35-33-16-22-17-36(31(41)34-26(22)37)27-25(45-30(40)21-14-8-3-9-15-21)24(44-29(39)20-12-6-2-7-13-20)23(43-27)18-42-28(38)19-10-4-1-5-11-19/h1-15,17,23-25,27H,16,18H2,(H,34,37,41)/t23-,24-,25-,27-/m1/s1. The number of hydrogen-bond acceptors (Lipinski definition) is 10. The van der Waals surface area contributed by atoms with Crippen LogP contribution in [0.4, 0.5) is 0 Å². The number of H-pyrrole nitrogens is 1. The minimum absolute atomic E-state index is 0.0964. The maximum absolute atomic E-state index is 13.3. The van der Waals surface area contributed by atoms with Gasteiger partial charge in [0.15, 0.2) is 18.4 Å². The van der Waals surface area contributed by atoms with Gasteiger partial charge >= 0.3 is 23.6 Å². The molecule has 1 saturated heterocycles. The number of carbonyl (C=O) groups is 3. The Hall–Kier alpha value is -5.98. The third-order valence-electron chi connectivity index (χ3n) is 6.80. The smallest absolute Gasteiger partial charge is 0.338 e. The van der Waals surface area contributed by atoms with Crippen molar-refractivity contribution in [2.75, 3.05) is 6.61 Å². The predicted molar refractivity (Wildman–Crippen MR) is 156 cm³/mol. The molecule has 1 fully saturated rings. The predicted octanol–water partition coefficient (Wildman–Crippen LogP) is 3.55. The molecular weight excluding hydrogens is 586 g/mol. The SMILES string of the molecule is [N-]=[N+]=NCc1cn([C@@H]2O[C@H](COC(=O)c3ccccc3)[C@@H](OC(=O)c3ccccc3)[C@H]2OC(=O)c2ccccc2)c(=O)[nH]c1=O. The molecule has 228 valence electrons. The molecule has 4 aromatic rings. The highest BCUT2D eigenvalue weighted by Crippen LogP contribution is 2.35. The summed E-state index contributed by atoms with van der Waals surface area (Å²) in [4.78, 5) is 69.5. The molecule has 1 N–H and O–H groups in total. The molecule has 0 spiro atoms. The zero-order valence-electron chi connectivity index (χ0n) is 23.4. The quantitative estimate of drug-likeness (QED) is 0.0918. The molecule has 0 saturated carbocycles. The van der Waals surface area contributed by atoms with Crippen LogP contribution in [0, 0.1) is 0 Å². The fourth-order valence-corrected chi connectivity index (χ4v) is 4.62. The molecule has 3 aromatic carbocycles. The van der Waals surface area contributed by atoms with Crippen molar-refractivity contribution in [3.63, 3.8) is 0 Å². The van der Waals surface area contributed by atoms with Crippen molar-refractivity contribution in [2.24, 2.45) is 5.11 Å². The van der Waals surface area contributed by atoms with Gasteiger partial charge in [-0.15, -0.1) is 0 Å². The fraction of sp³-hybridized carbons (Fsp3) is 0.194. The number of ether oxygens (including phenoxy) is 4. The topological polar surface area (TPSA) is 192 Å². The summed E-state index contributed by atoms with van der Waals surface area (Å²) in [6, 6.07) is 24.0. The van der Waals surface area contributed by atoms with Crippen LogP contribution in [0.15, 0.2) is 112 Å². The molecule has 0 radical (unpaired) electrons. The van der Waals surface area contributed by atoms with Gasteiger partial charge in [0.25, 0.3) is 5.56 Å². The average molecular weight is 612 g/mol. The van der Waals surface area contributed by atoms with Gasteiger partial charge in [0.2, 0.25) is 0 Å². The fourth-order valence-electron chi connectivity index (χ4n) is 4.62. The third kappa shape index (κ3) is 7.16. The number of nitrogens with one attached hydrogen (secondary N) is 1. The Balaban J connectivity index is 1.55. The Kier molecular flexibility index (Phi) is 9.48. The van der Waals surface area contributed by atoms with Crippen molar-refractivity contribution in [1.82, 2.24) is 9.55 Å². The van der Waals surface area contributed by atoms with Crippen LogP contribution in [0.3, 0.4) is 0 Å². The second-order valence-electron chi connectivity index (χ2n) is 9.71. The van der Waals surface area contributed by atoms with E-state index in [2.05, 4.69) is 15.0 Å². The van der Waals surface area contributed by atoms with Gasteiger partial charge < -0.3 is 18.9 Å². The highest BCUT2D eigenvalue weighted by Gasteiger charge is 2.51. The first-order chi connectivity index (χ1) is 21.9. The molecule has 14 heteroatoms. The van der Waals surface area contributed by atoms with Crippen LogP contribution in [0.1, 0.15) is 42.9 Å². The number of aromatic nitrogens is 2. The zero-order chi connectivity index (χ0) is 31.8. The lowest BCUT2D eigenvalue weighted by Crippen LogP contribution is -2.43. The number of nitrogens with zero attached hydrogens (tertiary/aromatic N) is 4. The van der Waals surface area contributed by atoms with E-state index < -0.39 is 66.8 Å². The molecule has 1 aliphatic rings. The maximum atomic E-state index is 13.3. The summed E-state index contributed by atoms with van der Waals surface area (Å²) >= 11 is 0. The number of benzene rings is 3.